The number of nitrogens with one attached hydrogen (secondary N) is 1. The number of ether oxygens (including phenoxy) is 1. The highest BCUT2D eigenvalue weighted by Gasteiger charge is 2.15. The molecule has 1 aliphatic rings. The van der Waals surface area contributed by atoms with E-state index in [4.69, 9.17) is 4.74 Å². The van der Waals surface area contributed by atoms with Crippen molar-refractivity contribution in [2.24, 2.45) is 5.92 Å². The molecule has 1 aliphatic heterocycles. The smallest absolute Gasteiger partial charge is 0.308 e. The third-order valence-electron chi connectivity index (χ3n) is 4.85. The second kappa shape index (κ2) is 8.82. The molecule has 0 atom stereocenters. The molecule has 5 heteroatoms. The second-order valence-corrected chi connectivity index (χ2v) is 7.23. The van der Waals surface area contributed by atoms with E-state index >= 15 is 0 Å². The summed E-state index contributed by atoms with van der Waals surface area (Å²) in [5.74, 6) is 0.549. The first-order valence-electron chi connectivity index (χ1n) is 9.41. The van der Waals surface area contributed by atoms with E-state index < -0.39 is 5.97 Å². The molecule has 0 aliphatic carbocycles. The maximum absolute atomic E-state index is 12.4. The van der Waals surface area contributed by atoms with Gasteiger partial charge in [-0.15, -0.1) is 0 Å². The van der Waals surface area contributed by atoms with Crippen molar-refractivity contribution in [2.75, 3.05) is 18.4 Å². The number of esters is 1. The Balaban J connectivity index is 1.57. The van der Waals surface area contributed by atoms with Gasteiger partial charge in [-0.1, -0.05) is 25.1 Å². The number of piperidine rings is 1. The van der Waals surface area contributed by atoms with Crippen molar-refractivity contribution in [3.05, 3.63) is 59.7 Å². The lowest BCUT2D eigenvalue weighted by molar-refractivity contribution is -0.131. The molecule has 1 N–H and O–H groups in total. The first-order chi connectivity index (χ1) is 13.0. The molecule has 0 radical (unpaired) electrons. The summed E-state index contributed by atoms with van der Waals surface area (Å²) in [5, 5.41) is 2.88. The van der Waals surface area contributed by atoms with Gasteiger partial charge in [0.15, 0.2) is 0 Å². The van der Waals surface area contributed by atoms with Crippen LogP contribution in [0.3, 0.4) is 0 Å². The molecule has 0 unspecified atom stereocenters. The van der Waals surface area contributed by atoms with Gasteiger partial charge in [0, 0.05) is 24.7 Å². The number of hydrogen-bond acceptors (Lipinski definition) is 4. The van der Waals surface area contributed by atoms with Gasteiger partial charge in [0.05, 0.1) is 0 Å². The average molecular weight is 366 g/mol. The quantitative estimate of drug-likeness (QED) is 0.639. The zero-order valence-electron chi connectivity index (χ0n) is 15.9. The molecule has 1 heterocycles. The lowest BCUT2D eigenvalue weighted by Crippen LogP contribution is -2.32. The Morgan fingerprint density at radius 3 is 2.48 bits per heavy atom. The highest BCUT2D eigenvalue weighted by atomic mass is 16.5. The highest BCUT2D eigenvalue weighted by Crippen LogP contribution is 2.20. The Morgan fingerprint density at radius 1 is 1.11 bits per heavy atom. The van der Waals surface area contributed by atoms with Crippen LogP contribution in [0.4, 0.5) is 5.69 Å². The van der Waals surface area contributed by atoms with Crippen LogP contribution in [0.1, 0.15) is 42.6 Å². The van der Waals surface area contributed by atoms with Crippen LogP contribution < -0.4 is 10.1 Å². The second-order valence-electron chi connectivity index (χ2n) is 7.23. The van der Waals surface area contributed by atoms with E-state index in [0.29, 0.717) is 11.3 Å². The Hall–Kier alpha value is -2.66. The molecular formula is C22H26N2O3. The predicted octanol–water partition coefficient (Wildman–Crippen LogP) is 4.10. The molecular weight excluding hydrogens is 340 g/mol. The zero-order valence-corrected chi connectivity index (χ0v) is 15.9. The van der Waals surface area contributed by atoms with Gasteiger partial charge >= 0.3 is 5.97 Å². The summed E-state index contributed by atoms with van der Waals surface area (Å²) < 4.78 is 5.03. The maximum atomic E-state index is 12.4. The Bertz CT molecular complexity index is 793. The van der Waals surface area contributed by atoms with Gasteiger partial charge in [0.1, 0.15) is 5.75 Å². The maximum Gasteiger partial charge on any atom is 0.308 e. The Labute approximate surface area is 160 Å². The normalized spacial score (nSPS) is 15.3. The van der Waals surface area contributed by atoms with Crippen molar-refractivity contribution in [1.82, 2.24) is 4.90 Å². The van der Waals surface area contributed by atoms with E-state index in [-0.39, 0.29) is 5.91 Å². The van der Waals surface area contributed by atoms with Crippen molar-refractivity contribution in [2.45, 2.75) is 33.2 Å². The Kier molecular flexibility index (Phi) is 6.24. The van der Waals surface area contributed by atoms with Gasteiger partial charge < -0.3 is 10.1 Å². The van der Waals surface area contributed by atoms with Gasteiger partial charge in [0.2, 0.25) is 0 Å². The van der Waals surface area contributed by atoms with Crippen molar-refractivity contribution in [3.63, 3.8) is 0 Å². The lowest BCUT2D eigenvalue weighted by atomic mass is 9.99. The molecule has 0 spiro atoms. The average Bonchev–Trinajstić information content (AvgIpc) is 2.65. The summed E-state index contributed by atoms with van der Waals surface area (Å²) in [6.45, 7) is 6.90. The molecule has 27 heavy (non-hydrogen) atoms. The number of carbonyl (C=O) groups is 2. The van der Waals surface area contributed by atoms with Crippen LogP contribution in [-0.2, 0) is 11.3 Å². The number of hydrogen-bond donors (Lipinski definition) is 1. The van der Waals surface area contributed by atoms with Crippen LogP contribution in [0, 0.1) is 5.92 Å². The van der Waals surface area contributed by atoms with Gasteiger partial charge in [-0.25, -0.2) is 0 Å². The van der Waals surface area contributed by atoms with Gasteiger partial charge in [-0.2, -0.15) is 0 Å². The molecule has 0 bridgehead atoms. The fraction of sp³-hybridized carbons (Fsp3) is 0.364. The zero-order chi connectivity index (χ0) is 19.2. The Morgan fingerprint density at radius 2 is 1.81 bits per heavy atom. The van der Waals surface area contributed by atoms with E-state index in [0.717, 1.165) is 31.2 Å². The number of benzene rings is 2. The summed E-state index contributed by atoms with van der Waals surface area (Å²) >= 11 is 0. The summed E-state index contributed by atoms with van der Waals surface area (Å²) in [4.78, 5) is 26.0. The largest absolute Gasteiger partial charge is 0.427 e. The van der Waals surface area contributed by atoms with Crippen LogP contribution in [0.15, 0.2) is 48.5 Å². The van der Waals surface area contributed by atoms with Crippen molar-refractivity contribution in [3.8, 4) is 5.75 Å². The van der Waals surface area contributed by atoms with Gasteiger partial charge in [0.25, 0.3) is 5.91 Å². The number of carbonyl (C=O) groups excluding carboxylic acids is 2. The molecule has 0 saturated carbocycles. The third kappa shape index (κ3) is 5.66. The van der Waals surface area contributed by atoms with E-state index in [1.165, 1.54) is 25.3 Å². The van der Waals surface area contributed by atoms with Crippen LogP contribution in [0.2, 0.25) is 0 Å². The van der Waals surface area contributed by atoms with Crippen LogP contribution in [0.25, 0.3) is 0 Å². The summed E-state index contributed by atoms with van der Waals surface area (Å²) in [5.41, 5.74) is 2.44. The minimum atomic E-state index is -0.411. The number of nitrogens with zero attached hydrogens (tertiary/aromatic N) is 1. The molecule has 142 valence electrons. The minimum Gasteiger partial charge on any atom is -0.427 e. The fourth-order valence-electron chi connectivity index (χ4n) is 3.24. The van der Waals surface area contributed by atoms with Crippen molar-refractivity contribution in [1.29, 1.82) is 0 Å². The molecule has 1 fully saturated rings. The molecule has 2 aromatic carbocycles. The minimum absolute atomic E-state index is 0.234. The number of likely N-dealkylation sites (tertiary alicyclic amines) is 1. The third-order valence-corrected chi connectivity index (χ3v) is 4.85. The predicted molar refractivity (Wildman–Crippen MR) is 106 cm³/mol. The van der Waals surface area contributed by atoms with E-state index in [2.05, 4.69) is 29.3 Å². The molecule has 3 rings (SSSR count). The topological polar surface area (TPSA) is 58.6 Å². The fourth-order valence-corrected chi connectivity index (χ4v) is 3.24. The van der Waals surface area contributed by atoms with E-state index in [1.807, 2.05) is 12.1 Å². The monoisotopic (exact) mass is 366 g/mol. The van der Waals surface area contributed by atoms with Crippen LogP contribution in [0.5, 0.6) is 5.75 Å². The number of anilines is 1. The summed E-state index contributed by atoms with van der Waals surface area (Å²) in [6.07, 6.45) is 2.53. The van der Waals surface area contributed by atoms with Gasteiger partial charge in [-0.05, 0) is 67.7 Å². The van der Waals surface area contributed by atoms with Gasteiger partial charge in [-0.3, -0.25) is 14.5 Å². The summed E-state index contributed by atoms with van der Waals surface area (Å²) in [6, 6.07) is 14.6. The standard InChI is InChI=1S/C22H26N2O3/c1-16-10-12-24(13-11-16)15-18-6-8-20(9-7-18)23-22(26)19-4-3-5-21(14-19)27-17(2)25/h3-9,14,16H,10-13,15H2,1-2H3,(H,23,26). The first-order valence-corrected chi connectivity index (χ1v) is 9.41. The van der Waals surface area contributed by atoms with Crippen molar-refractivity contribution < 1.29 is 14.3 Å². The van der Waals surface area contributed by atoms with E-state index in [9.17, 15) is 9.59 Å². The molecule has 2 aromatic rings. The summed E-state index contributed by atoms with van der Waals surface area (Å²) in [7, 11) is 0. The SMILES string of the molecule is CC(=O)Oc1cccc(C(=O)Nc2ccc(CN3CCC(C)CC3)cc2)c1. The molecule has 1 amide bonds. The lowest BCUT2D eigenvalue weighted by Gasteiger charge is -2.30. The number of rotatable bonds is 5. The molecule has 5 nitrogen and oxygen atoms in total. The molecule has 0 aromatic heterocycles. The molecule has 1 saturated heterocycles. The van der Waals surface area contributed by atoms with Crippen LogP contribution in [-0.4, -0.2) is 29.9 Å². The van der Waals surface area contributed by atoms with E-state index in [1.54, 1.807) is 24.3 Å². The van der Waals surface area contributed by atoms with Crippen LogP contribution >= 0.6 is 0 Å². The first kappa shape index (κ1) is 19.1. The van der Waals surface area contributed by atoms with Crippen molar-refractivity contribution >= 4 is 17.6 Å². The number of amides is 1. The highest BCUT2D eigenvalue weighted by molar-refractivity contribution is 6.04.